The normalized spacial score (nSPS) is 16.4. The van der Waals surface area contributed by atoms with Crippen LogP contribution < -0.4 is 37.6 Å². The van der Waals surface area contributed by atoms with Crippen LogP contribution in [0.3, 0.4) is 0 Å². The Kier molecular flexibility index (Phi) is 22.0. The van der Waals surface area contributed by atoms with Crippen molar-refractivity contribution in [2.45, 2.75) is 166 Å². The van der Waals surface area contributed by atoms with E-state index in [1.807, 2.05) is 12.1 Å². The van der Waals surface area contributed by atoms with Crippen molar-refractivity contribution >= 4 is 28.9 Å². The fourth-order valence-electron chi connectivity index (χ4n) is 8.52. The average Bonchev–Trinajstić information content (AvgIpc) is 3.38. The summed E-state index contributed by atoms with van der Waals surface area (Å²) in [6.07, 6.45) is 24.8. The number of rotatable bonds is 26. The van der Waals surface area contributed by atoms with Crippen LogP contribution in [0, 0.1) is 0 Å². The summed E-state index contributed by atoms with van der Waals surface area (Å²) in [5.41, 5.74) is 22.6. The smallest absolute Gasteiger partial charge is 0.236 e. The van der Waals surface area contributed by atoms with E-state index in [2.05, 4.69) is 82.3 Å². The first-order chi connectivity index (χ1) is 29.2. The Morgan fingerprint density at radius 3 is 2.13 bits per heavy atom. The van der Waals surface area contributed by atoms with Crippen LogP contribution >= 0.6 is 0 Å². The number of unbranched alkanes of at least 4 members (excludes halogenated alkanes) is 6. The predicted octanol–water partition coefficient (Wildman–Crippen LogP) is 10.1. The number of carbonyl (C=O) groups is 2. The topological polar surface area (TPSA) is 138 Å². The Balaban J connectivity index is 1.11. The zero-order chi connectivity index (χ0) is 43.0. The molecule has 1 fully saturated rings. The van der Waals surface area contributed by atoms with E-state index in [4.69, 9.17) is 11.5 Å². The summed E-state index contributed by atoms with van der Waals surface area (Å²) >= 11 is 0. The Bertz CT molecular complexity index is 1690. The van der Waals surface area contributed by atoms with E-state index < -0.39 is 6.04 Å². The van der Waals surface area contributed by atoms with Crippen LogP contribution in [0.2, 0.25) is 0 Å². The SMILES string of the molecule is C=C(CCCCCCCNC(=O)C(N)CCCCN/C1=C(\N)c2ccccc2CN(C(=C)CCCCC(=O)NC)c2ccccc21)CCC(=C)NC1CCCCCCCC1. The standard InChI is InChI=1S/C51H79N7O2/c1-39(34-35-40(2)57-43-27-13-9-5-6-10-14-28-43)24-12-8-7-11-22-37-56-51(60)46(52)31-21-23-36-55-50-45-30-18-19-32-47(45)58(41(3)25-15-20-33-48(59)54-4)38-42-26-16-17-29-44(42)49(50)53/h16-19,26,29-30,32,43,46,55,57H,1-3,5-15,20-25,27-28,31,33-38,52-53H2,4H3,(H,54,59)(H,56,60)/b50-49-. The molecule has 8 N–H and O–H groups in total. The number of para-hydroxylation sites is 1. The molecule has 1 saturated carbocycles. The summed E-state index contributed by atoms with van der Waals surface area (Å²) in [7, 11) is 1.68. The maximum atomic E-state index is 12.8. The fraction of sp³-hybridized carbons (Fsp3) is 0.569. The van der Waals surface area contributed by atoms with Crippen molar-refractivity contribution in [2.24, 2.45) is 11.5 Å². The first-order valence-electron chi connectivity index (χ1n) is 23.4. The molecule has 1 heterocycles. The van der Waals surface area contributed by atoms with E-state index in [0.29, 0.717) is 38.5 Å². The lowest BCUT2D eigenvalue weighted by molar-refractivity contribution is -0.122. The molecule has 1 unspecified atom stereocenters. The van der Waals surface area contributed by atoms with Gasteiger partial charge >= 0.3 is 0 Å². The highest BCUT2D eigenvalue weighted by atomic mass is 16.2. The van der Waals surface area contributed by atoms with Gasteiger partial charge in [-0.05, 0) is 95.1 Å². The van der Waals surface area contributed by atoms with Gasteiger partial charge in [-0.3, -0.25) is 9.59 Å². The number of allylic oxidation sites excluding steroid dienone is 3. The van der Waals surface area contributed by atoms with E-state index in [1.54, 1.807) is 7.05 Å². The van der Waals surface area contributed by atoms with Crippen LogP contribution in [0.5, 0.6) is 0 Å². The van der Waals surface area contributed by atoms with Crippen molar-refractivity contribution in [2.75, 3.05) is 25.0 Å². The Labute approximate surface area is 363 Å². The molecule has 330 valence electrons. The van der Waals surface area contributed by atoms with Gasteiger partial charge < -0.3 is 37.6 Å². The third kappa shape index (κ3) is 16.9. The van der Waals surface area contributed by atoms with E-state index in [0.717, 1.165) is 104 Å². The summed E-state index contributed by atoms with van der Waals surface area (Å²) in [6.45, 7) is 15.2. The van der Waals surface area contributed by atoms with Gasteiger partial charge in [0.25, 0.3) is 0 Å². The van der Waals surface area contributed by atoms with Crippen molar-refractivity contribution in [1.29, 1.82) is 0 Å². The Morgan fingerprint density at radius 2 is 1.37 bits per heavy atom. The van der Waals surface area contributed by atoms with Gasteiger partial charge in [0.1, 0.15) is 0 Å². The van der Waals surface area contributed by atoms with Gasteiger partial charge in [-0.1, -0.05) is 126 Å². The summed E-state index contributed by atoms with van der Waals surface area (Å²) in [5, 5.41) is 13.2. The number of carbonyl (C=O) groups excluding carboxylic acids is 2. The van der Waals surface area contributed by atoms with Gasteiger partial charge in [0, 0.05) is 61.7 Å². The molecule has 1 aliphatic heterocycles. The number of nitrogens with two attached hydrogens (primary N) is 2. The van der Waals surface area contributed by atoms with Crippen molar-refractivity contribution in [3.05, 3.63) is 102 Å². The lowest BCUT2D eigenvalue weighted by Gasteiger charge is -2.33. The van der Waals surface area contributed by atoms with Crippen LogP contribution in [-0.2, 0) is 16.1 Å². The van der Waals surface area contributed by atoms with Crippen molar-refractivity contribution in [1.82, 2.24) is 21.3 Å². The molecule has 1 atom stereocenters. The lowest BCUT2D eigenvalue weighted by Crippen LogP contribution is -2.40. The van der Waals surface area contributed by atoms with Crippen LogP contribution in [0.25, 0.3) is 11.4 Å². The number of fused-ring (bicyclic) bond motifs is 2. The molecular formula is C51H79N7O2. The molecule has 0 radical (unpaired) electrons. The van der Waals surface area contributed by atoms with E-state index in [1.165, 1.54) is 81.9 Å². The molecule has 9 nitrogen and oxygen atoms in total. The molecule has 9 heteroatoms. The minimum absolute atomic E-state index is 0.0631. The molecule has 0 saturated heterocycles. The van der Waals surface area contributed by atoms with Gasteiger partial charge in [-0.25, -0.2) is 0 Å². The summed E-state index contributed by atoms with van der Waals surface area (Å²) in [6, 6.07) is 16.7. The van der Waals surface area contributed by atoms with E-state index in [9.17, 15) is 9.59 Å². The third-order valence-electron chi connectivity index (χ3n) is 12.3. The Hall–Kier alpha value is -4.50. The number of amides is 2. The molecular weight excluding hydrogens is 743 g/mol. The van der Waals surface area contributed by atoms with Gasteiger partial charge in [0.2, 0.25) is 11.8 Å². The highest BCUT2D eigenvalue weighted by molar-refractivity contribution is 5.94. The maximum absolute atomic E-state index is 12.8. The molecule has 2 aromatic rings. The number of hydrogen-bond donors (Lipinski definition) is 6. The lowest BCUT2D eigenvalue weighted by atomic mass is 9.95. The maximum Gasteiger partial charge on any atom is 0.236 e. The van der Waals surface area contributed by atoms with Crippen LogP contribution in [0.15, 0.2) is 85.2 Å². The highest BCUT2D eigenvalue weighted by Gasteiger charge is 2.24. The minimum atomic E-state index is -0.516. The minimum Gasteiger partial charge on any atom is -0.397 e. The number of benzene rings is 2. The van der Waals surface area contributed by atoms with Crippen LogP contribution in [-0.4, -0.2) is 44.0 Å². The zero-order valence-corrected chi connectivity index (χ0v) is 37.2. The van der Waals surface area contributed by atoms with Crippen molar-refractivity contribution in [3.8, 4) is 0 Å². The van der Waals surface area contributed by atoms with Crippen molar-refractivity contribution < 1.29 is 9.59 Å². The van der Waals surface area contributed by atoms with Gasteiger partial charge in [0.05, 0.1) is 23.1 Å². The first-order valence-corrected chi connectivity index (χ1v) is 23.4. The molecule has 1 aliphatic carbocycles. The fourth-order valence-corrected chi connectivity index (χ4v) is 8.52. The second-order valence-electron chi connectivity index (χ2n) is 17.2. The number of nitrogens with one attached hydrogen (secondary N) is 4. The summed E-state index contributed by atoms with van der Waals surface area (Å²) < 4.78 is 0. The van der Waals surface area contributed by atoms with Crippen molar-refractivity contribution in [3.63, 3.8) is 0 Å². The zero-order valence-electron chi connectivity index (χ0n) is 37.2. The molecule has 0 aromatic heterocycles. The van der Waals surface area contributed by atoms with Gasteiger partial charge in [0.15, 0.2) is 0 Å². The largest absolute Gasteiger partial charge is 0.397 e. The molecule has 2 aliphatic rings. The molecule has 0 spiro atoms. The quantitative estimate of drug-likeness (QED) is 0.0411. The number of nitrogens with zero attached hydrogens (tertiary/aromatic N) is 1. The number of anilines is 1. The molecule has 0 bridgehead atoms. The summed E-state index contributed by atoms with van der Waals surface area (Å²) in [5.74, 6) is 0.00106. The second-order valence-corrected chi connectivity index (χ2v) is 17.2. The van der Waals surface area contributed by atoms with Gasteiger partial charge in [-0.2, -0.15) is 0 Å². The van der Waals surface area contributed by atoms with E-state index >= 15 is 0 Å². The van der Waals surface area contributed by atoms with Crippen LogP contribution in [0.1, 0.15) is 164 Å². The first kappa shape index (κ1) is 48.2. The highest BCUT2D eigenvalue weighted by Crippen LogP contribution is 2.37. The summed E-state index contributed by atoms with van der Waals surface area (Å²) in [4.78, 5) is 26.8. The van der Waals surface area contributed by atoms with Crippen LogP contribution in [0.4, 0.5) is 5.69 Å². The second kappa shape index (κ2) is 27.4. The Morgan fingerprint density at radius 1 is 0.733 bits per heavy atom. The molecule has 2 amide bonds. The monoisotopic (exact) mass is 822 g/mol. The molecule has 4 rings (SSSR count). The number of hydrogen-bond acceptors (Lipinski definition) is 7. The molecule has 2 aromatic carbocycles. The van der Waals surface area contributed by atoms with Gasteiger partial charge in [-0.15, -0.1) is 0 Å². The molecule has 60 heavy (non-hydrogen) atoms. The van der Waals surface area contributed by atoms with E-state index in [-0.39, 0.29) is 11.8 Å². The third-order valence-corrected chi connectivity index (χ3v) is 12.3. The average molecular weight is 822 g/mol. The predicted molar refractivity (Wildman–Crippen MR) is 254 cm³/mol.